The second-order valence-corrected chi connectivity index (χ2v) is 2.73. The molecule has 1 unspecified atom stereocenters. The minimum Gasteiger partial charge on any atom is -0.390 e. The summed E-state index contributed by atoms with van der Waals surface area (Å²) in [6.45, 7) is 5.69. The molecule has 0 radical (unpaired) electrons. The van der Waals surface area contributed by atoms with Gasteiger partial charge in [0.05, 0.1) is 11.7 Å². The van der Waals surface area contributed by atoms with Crippen molar-refractivity contribution in [3.05, 3.63) is 0 Å². The zero-order valence-corrected chi connectivity index (χ0v) is 6.64. The van der Waals surface area contributed by atoms with E-state index in [1.54, 1.807) is 7.11 Å². The first-order chi connectivity index (χ1) is 4.04. The minimum absolute atomic E-state index is 0.359. The van der Waals surface area contributed by atoms with E-state index in [0.717, 1.165) is 6.42 Å². The Morgan fingerprint density at radius 1 is 1.56 bits per heavy atom. The largest absolute Gasteiger partial charge is 0.390 e. The molecule has 0 aromatic heterocycles. The Morgan fingerprint density at radius 2 is 2.00 bits per heavy atom. The first-order valence-electron chi connectivity index (χ1n) is 3.27. The number of aliphatic hydroxyl groups is 1. The fourth-order valence-electron chi connectivity index (χ4n) is 0.628. The van der Waals surface area contributed by atoms with Crippen molar-refractivity contribution in [2.45, 2.75) is 38.9 Å². The first-order valence-corrected chi connectivity index (χ1v) is 3.27. The summed E-state index contributed by atoms with van der Waals surface area (Å²) in [6.07, 6.45) is 0.378. The van der Waals surface area contributed by atoms with Crippen LogP contribution < -0.4 is 0 Å². The van der Waals surface area contributed by atoms with E-state index < -0.39 is 5.60 Å². The van der Waals surface area contributed by atoms with E-state index in [9.17, 15) is 5.11 Å². The highest BCUT2D eigenvalue weighted by Gasteiger charge is 2.24. The second kappa shape index (κ2) is 3.18. The van der Waals surface area contributed by atoms with E-state index in [0.29, 0.717) is 0 Å². The highest BCUT2D eigenvalue weighted by atomic mass is 16.5. The highest BCUT2D eigenvalue weighted by molar-refractivity contribution is 4.76. The third-order valence-electron chi connectivity index (χ3n) is 1.72. The van der Waals surface area contributed by atoms with E-state index in [-0.39, 0.29) is 6.10 Å². The lowest BCUT2D eigenvalue weighted by Gasteiger charge is -2.27. The van der Waals surface area contributed by atoms with Crippen LogP contribution in [0.2, 0.25) is 0 Å². The predicted molar refractivity (Wildman–Crippen MR) is 37.4 cm³/mol. The average Bonchev–Trinajstić information content (AvgIpc) is 1.86. The van der Waals surface area contributed by atoms with E-state index in [4.69, 9.17) is 4.74 Å². The molecule has 0 aromatic carbocycles. The molecule has 1 atom stereocenters. The van der Waals surface area contributed by atoms with Crippen molar-refractivity contribution in [2.75, 3.05) is 7.11 Å². The van der Waals surface area contributed by atoms with E-state index in [1.807, 2.05) is 20.8 Å². The van der Waals surface area contributed by atoms with Crippen LogP contribution in [0.15, 0.2) is 0 Å². The molecule has 0 amide bonds. The maximum absolute atomic E-state index is 9.26. The fourth-order valence-corrected chi connectivity index (χ4v) is 0.628. The normalized spacial score (nSPS) is 15.7. The van der Waals surface area contributed by atoms with Crippen molar-refractivity contribution in [3.8, 4) is 0 Å². The van der Waals surface area contributed by atoms with Crippen molar-refractivity contribution >= 4 is 0 Å². The van der Waals surface area contributed by atoms with Gasteiger partial charge in [0.25, 0.3) is 0 Å². The molecule has 0 saturated heterocycles. The molecular weight excluding hydrogens is 116 g/mol. The number of ether oxygens (including phenoxy) is 1. The predicted octanol–water partition coefficient (Wildman–Crippen LogP) is 1.18. The molecule has 0 aliphatic heterocycles. The summed E-state index contributed by atoms with van der Waals surface area (Å²) in [5.74, 6) is 0. The molecule has 2 nitrogen and oxygen atoms in total. The molecule has 0 aliphatic carbocycles. The average molecular weight is 132 g/mol. The maximum Gasteiger partial charge on any atom is 0.0880 e. The quantitative estimate of drug-likeness (QED) is 0.625. The molecule has 0 rings (SSSR count). The van der Waals surface area contributed by atoms with Gasteiger partial charge in [-0.3, -0.25) is 0 Å². The molecule has 0 aliphatic rings. The van der Waals surface area contributed by atoms with Gasteiger partial charge in [-0.05, 0) is 20.3 Å². The Hall–Kier alpha value is -0.0800. The Labute approximate surface area is 56.8 Å². The highest BCUT2D eigenvalue weighted by Crippen LogP contribution is 2.15. The summed E-state index contributed by atoms with van der Waals surface area (Å²) < 4.78 is 5.04. The van der Waals surface area contributed by atoms with Gasteiger partial charge in [0.15, 0.2) is 0 Å². The van der Waals surface area contributed by atoms with Crippen LogP contribution in [0.5, 0.6) is 0 Å². The lowest BCUT2D eigenvalue weighted by atomic mass is 10.00. The Kier molecular flexibility index (Phi) is 3.15. The summed E-state index contributed by atoms with van der Waals surface area (Å²) >= 11 is 0. The third kappa shape index (κ3) is 2.33. The number of rotatable bonds is 3. The second-order valence-electron chi connectivity index (χ2n) is 2.73. The van der Waals surface area contributed by atoms with Crippen molar-refractivity contribution in [1.29, 1.82) is 0 Å². The number of hydrogen-bond acceptors (Lipinski definition) is 2. The summed E-state index contributed by atoms with van der Waals surface area (Å²) in [5.41, 5.74) is -0.394. The number of hydrogen-bond donors (Lipinski definition) is 1. The first kappa shape index (κ1) is 8.92. The SMILES string of the molecule is CCC(O)C(C)(C)OC. The van der Waals surface area contributed by atoms with Gasteiger partial charge in [-0.25, -0.2) is 0 Å². The summed E-state index contributed by atoms with van der Waals surface area (Å²) in [4.78, 5) is 0. The molecule has 0 saturated carbocycles. The molecule has 0 fully saturated rings. The topological polar surface area (TPSA) is 29.5 Å². The number of aliphatic hydroxyl groups excluding tert-OH is 1. The molecule has 0 bridgehead atoms. The molecular formula is C7H16O2. The Morgan fingerprint density at radius 3 is 2.11 bits per heavy atom. The lowest BCUT2D eigenvalue weighted by Crippen LogP contribution is -2.37. The van der Waals surface area contributed by atoms with Crippen LogP contribution >= 0.6 is 0 Å². The molecule has 9 heavy (non-hydrogen) atoms. The smallest absolute Gasteiger partial charge is 0.0880 e. The van der Waals surface area contributed by atoms with Gasteiger partial charge in [-0.2, -0.15) is 0 Å². The van der Waals surface area contributed by atoms with Crippen LogP contribution in [0, 0.1) is 0 Å². The molecule has 0 aromatic rings. The Balaban J connectivity index is 3.80. The molecule has 0 heterocycles. The monoisotopic (exact) mass is 132 g/mol. The van der Waals surface area contributed by atoms with Gasteiger partial charge in [0.2, 0.25) is 0 Å². The van der Waals surface area contributed by atoms with Crippen LogP contribution in [0.4, 0.5) is 0 Å². The van der Waals surface area contributed by atoms with Gasteiger partial charge in [-0.15, -0.1) is 0 Å². The van der Waals surface area contributed by atoms with Crippen LogP contribution in [0.3, 0.4) is 0 Å². The molecule has 1 N–H and O–H groups in total. The van der Waals surface area contributed by atoms with Gasteiger partial charge < -0.3 is 9.84 Å². The standard InChI is InChI=1S/C7H16O2/c1-5-6(8)7(2,3)9-4/h6,8H,5H2,1-4H3. The van der Waals surface area contributed by atoms with Gasteiger partial charge in [0.1, 0.15) is 0 Å². The Bertz CT molecular complexity index is 79.0. The fraction of sp³-hybridized carbons (Fsp3) is 1.00. The van der Waals surface area contributed by atoms with Crippen molar-refractivity contribution in [3.63, 3.8) is 0 Å². The minimum atomic E-state index is -0.394. The van der Waals surface area contributed by atoms with Gasteiger partial charge >= 0.3 is 0 Å². The third-order valence-corrected chi connectivity index (χ3v) is 1.72. The molecule has 56 valence electrons. The molecule has 2 heteroatoms. The summed E-state index contributed by atoms with van der Waals surface area (Å²) in [6, 6.07) is 0. The van der Waals surface area contributed by atoms with Crippen molar-refractivity contribution < 1.29 is 9.84 Å². The summed E-state index contributed by atoms with van der Waals surface area (Å²) in [7, 11) is 1.61. The molecule has 0 spiro atoms. The number of methoxy groups -OCH3 is 1. The van der Waals surface area contributed by atoms with Crippen LogP contribution in [-0.4, -0.2) is 23.9 Å². The van der Waals surface area contributed by atoms with Crippen LogP contribution in [0.25, 0.3) is 0 Å². The zero-order valence-electron chi connectivity index (χ0n) is 6.64. The van der Waals surface area contributed by atoms with Crippen LogP contribution in [-0.2, 0) is 4.74 Å². The van der Waals surface area contributed by atoms with E-state index in [1.165, 1.54) is 0 Å². The van der Waals surface area contributed by atoms with E-state index >= 15 is 0 Å². The van der Waals surface area contributed by atoms with Gasteiger partial charge in [-0.1, -0.05) is 6.92 Å². The van der Waals surface area contributed by atoms with Crippen LogP contribution in [0.1, 0.15) is 27.2 Å². The maximum atomic E-state index is 9.26. The summed E-state index contributed by atoms with van der Waals surface area (Å²) in [5, 5.41) is 9.26. The van der Waals surface area contributed by atoms with Crippen molar-refractivity contribution in [2.24, 2.45) is 0 Å². The van der Waals surface area contributed by atoms with Gasteiger partial charge in [0, 0.05) is 7.11 Å². The van der Waals surface area contributed by atoms with Crippen molar-refractivity contribution in [1.82, 2.24) is 0 Å². The zero-order chi connectivity index (χ0) is 7.49. The van der Waals surface area contributed by atoms with E-state index in [2.05, 4.69) is 0 Å². The lowest BCUT2D eigenvalue weighted by molar-refractivity contribution is -0.0781.